The van der Waals surface area contributed by atoms with Crippen molar-refractivity contribution in [3.05, 3.63) is 0 Å². The lowest BCUT2D eigenvalue weighted by atomic mass is 9.79. The van der Waals surface area contributed by atoms with Crippen LogP contribution in [0.4, 0.5) is 0 Å². The van der Waals surface area contributed by atoms with Crippen LogP contribution in [0.3, 0.4) is 0 Å². The van der Waals surface area contributed by atoms with E-state index in [4.69, 9.17) is 10.5 Å². The molecule has 122 valence electrons. The van der Waals surface area contributed by atoms with E-state index in [1.807, 2.05) is 11.8 Å². The smallest absolute Gasteiger partial charge is 0.0783 e. The van der Waals surface area contributed by atoms with Crippen LogP contribution in [0.1, 0.15) is 25.7 Å². The molecule has 0 bridgehead atoms. The number of ether oxygens (including phenoxy) is 1. The first-order chi connectivity index (χ1) is 10.1. The normalized spacial score (nSPS) is 40.7. The summed E-state index contributed by atoms with van der Waals surface area (Å²) in [5.41, 5.74) is 6.80. The Balaban J connectivity index is 1.55. The van der Waals surface area contributed by atoms with Gasteiger partial charge in [0.2, 0.25) is 0 Å². The highest BCUT2D eigenvalue weighted by atomic mass is 32.2. The predicted octanol–water partition coefficient (Wildman–Crippen LogP) is 1.25. The molecular weight excluding hydrogens is 282 g/mol. The van der Waals surface area contributed by atoms with Crippen LogP contribution in [-0.4, -0.2) is 79.3 Å². The highest BCUT2D eigenvalue weighted by Crippen LogP contribution is 2.41. The largest absolute Gasteiger partial charge is 0.374 e. The third-order valence-electron chi connectivity index (χ3n) is 5.73. The molecule has 4 nitrogen and oxygen atoms in total. The molecule has 5 heteroatoms. The maximum atomic E-state index is 6.63. The van der Waals surface area contributed by atoms with E-state index in [1.165, 1.54) is 37.4 Å². The van der Waals surface area contributed by atoms with Crippen LogP contribution in [0.5, 0.6) is 0 Å². The number of nitrogens with zero attached hydrogens (tertiary/aromatic N) is 2. The Labute approximate surface area is 133 Å². The molecular formula is C16H31N3OS. The van der Waals surface area contributed by atoms with Crippen LogP contribution >= 0.6 is 11.8 Å². The van der Waals surface area contributed by atoms with Crippen molar-refractivity contribution in [1.29, 1.82) is 0 Å². The fraction of sp³-hybridized carbons (Fsp3) is 1.00. The molecule has 0 radical (unpaired) electrons. The fourth-order valence-corrected chi connectivity index (χ4v) is 5.54. The SMILES string of the molecule is CN1CCN(C)C(CC(N)C2CCOC3(CCSC3)C2)C1. The van der Waals surface area contributed by atoms with Crippen LogP contribution in [0.2, 0.25) is 0 Å². The zero-order valence-corrected chi connectivity index (χ0v) is 14.4. The topological polar surface area (TPSA) is 41.7 Å². The van der Waals surface area contributed by atoms with Crippen LogP contribution in [0, 0.1) is 5.92 Å². The van der Waals surface area contributed by atoms with E-state index >= 15 is 0 Å². The molecule has 3 heterocycles. The van der Waals surface area contributed by atoms with Crippen molar-refractivity contribution in [2.75, 3.05) is 51.8 Å². The van der Waals surface area contributed by atoms with Gasteiger partial charge in [-0.25, -0.2) is 0 Å². The number of nitrogens with two attached hydrogens (primary N) is 1. The Morgan fingerprint density at radius 2 is 2.24 bits per heavy atom. The first-order valence-corrected chi connectivity index (χ1v) is 9.59. The molecule has 1 spiro atoms. The monoisotopic (exact) mass is 313 g/mol. The molecule has 3 aliphatic heterocycles. The van der Waals surface area contributed by atoms with Gasteiger partial charge in [0.05, 0.1) is 5.60 Å². The van der Waals surface area contributed by atoms with Gasteiger partial charge in [0.15, 0.2) is 0 Å². The minimum absolute atomic E-state index is 0.167. The Hall–Kier alpha value is 0.190. The average molecular weight is 314 g/mol. The van der Waals surface area contributed by atoms with Crippen LogP contribution in [0.15, 0.2) is 0 Å². The van der Waals surface area contributed by atoms with E-state index in [0.29, 0.717) is 18.0 Å². The number of hydrogen-bond acceptors (Lipinski definition) is 5. The Morgan fingerprint density at radius 3 is 3.00 bits per heavy atom. The fourth-order valence-electron chi connectivity index (χ4n) is 4.16. The summed E-state index contributed by atoms with van der Waals surface area (Å²) in [7, 11) is 4.48. The summed E-state index contributed by atoms with van der Waals surface area (Å²) in [5.74, 6) is 3.10. The minimum Gasteiger partial charge on any atom is -0.374 e. The molecule has 3 saturated heterocycles. The molecule has 0 aromatic rings. The van der Waals surface area contributed by atoms with Gasteiger partial charge in [-0.15, -0.1) is 0 Å². The van der Waals surface area contributed by atoms with Crippen molar-refractivity contribution in [3.63, 3.8) is 0 Å². The van der Waals surface area contributed by atoms with E-state index in [1.54, 1.807) is 0 Å². The second-order valence-corrected chi connectivity index (χ2v) is 8.49. The van der Waals surface area contributed by atoms with E-state index in [9.17, 15) is 0 Å². The van der Waals surface area contributed by atoms with E-state index in [0.717, 1.165) is 26.0 Å². The van der Waals surface area contributed by atoms with Gasteiger partial charge in [-0.3, -0.25) is 0 Å². The summed E-state index contributed by atoms with van der Waals surface area (Å²) < 4.78 is 6.14. The Kier molecular flexibility index (Phi) is 5.16. The molecule has 4 atom stereocenters. The maximum absolute atomic E-state index is 6.63. The average Bonchev–Trinajstić information content (AvgIpc) is 2.91. The van der Waals surface area contributed by atoms with E-state index in [2.05, 4.69) is 23.9 Å². The maximum Gasteiger partial charge on any atom is 0.0783 e. The second kappa shape index (κ2) is 6.75. The zero-order valence-electron chi connectivity index (χ0n) is 13.6. The Morgan fingerprint density at radius 1 is 1.38 bits per heavy atom. The predicted molar refractivity (Wildman–Crippen MR) is 89.9 cm³/mol. The van der Waals surface area contributed by atoms with Gasteiger partial charge in [0, 0.05) is 44.1 Å². The van der Waals surface area contributed by atoms with Crippen LogP contribution in [0.25, 0.3) is 0 Å². The molecule has 0 saturated carbocycles. The number of hydrogen-bond donors (Lipinski definition) is 1. The number of likely N-dealkylation sites (N-methyl/N-ethyl adjacent to an activating group) is 2. The molecule has 3 aliphatic rings. The second-order valence-electron chi connectivity index (χ2n) is 7.38. The van der Waals surface area contributed by atoms with Crippen LogP contribution < -0.4 is 5.73 Å². The van der Waals surface area contributed by atoms with Crippen molar-refractivity contribution < 1.29 is 4.74 Å². The standard InChI is InChI=1S/C16H31N3OS/c1-18-5-6-19(2)14(11-18)9-15(17)13-3-7-20-16(10-13)4-8-21-12-16/h13-15H,3-12,17H2,1-2H3. The van der Waals surface area contributed by atoms with Crippen molar-refractivity contribution in [2.45, 2.75) is 43.4 Å². The van der Waals surface area contributed by atoms with Gasteiger partial charge in [0.25, 0.3) is 0 Å². The molecule has 4 unspecified atom stereocenters. The van der Waals surface area contributed by atoms with E-state index < -0.39 is 0 Å². The van der Waals surface area contributed by atoms with Crippen molar-refractivity contribution >= 4 is 11.8 Å². The van der Waals surface area contributed by atoms with Gasteiger partial charge in [-0.1, -0.05) is 0 Å². The summed E-state index contributed by atoms with van der Waals surface area (Å²) in [4.78, 5) is 4.94. The summed E-state index contributed by atoms with van der Waals surface area (Å²) in [6.07, 6.45) is 4.70. The molecule has 0 amide bonds. The summed E-state index contributed by atoms with van der Waals surface area (Å²) in [6.45, 7) is 4.43. The lowest BCUT2D eigenvalue weighted by Gasteiger charge is -2.43. The zero-order chi connectivity index (χ0) is 14.9. The van der Waals surface area contributed by atoms with Gasteiger partial charge >= 0.3 is 0 Å². The molecule has 21 heavy (non-hydrogen) atoms. The lowest BCUT2D eigenvalue weighted by Crippen LogP contribution is -2.53. The van der Waals surface area contributed by atoms with Crippen LogP contribution in [-0.2, 0) is 4.74 Å². The molecule has 3 rings (SSSR count). The van der Waals surface area contributed by atoms with Gasteiger partial charge < -0.3 is 20.3 Å². The molecule has 0 aliphatic carbocycles. The summed E-state index contributed by atoms with van der Waals surface area (Å²) in [5, 5.41) is 0. The highest BCUT2D eigenvalue weighted by molar-refractivity contribution is 7.99. The molecule has 0 aromatic heterocycles. The minimum atomic E-state index is 0.167. The molecule has 3 fully saturated rings. The third kappa shape index (κ3) is 3.75. The molecule has 0 aromatic carbocycles. The first-order valence-electron chi connectivity index (χ1n) is 8.44. The quantitative estimate of drug-likeness (QED) is 0.849. The van der Waals surface area contributed by atoms with Gasteiger partial charge in [-0.2, -0.15) is 11.8 Å². The number of piperazine rings is 1. The summed E-state index contributed by atoms with van der Waals surface area (Å²) in [6, 6.07) is 0.950. The number of thioether (sulfide) groups is 1. The first kappa shape index (κ1) is 16.1. The Bertz CT molecular complexity index is 348. The summed E-state index contributed by atoms with van der Waals surface area (Å²) >= 11 is 2.05. The van der Waals surface area contributed by atoms with Crippen molar-refractivity contribution in [2.24, 2.45) is 11.7 Å². The van der Waals surface area contributed by atoms with E-state index in [-0.39, 0.29) is 5.60 Å². The lowest BCUT2D eigenvalue weighted by molar-refractivity contribution is -0.0847. The highest BCUT2D eigenvalue weighted by Gasteiger charge is 2.42. The third-order valence-corrected chi connectivity index (χ3v) is 6.95. The van der Waals surface area contributed by atoms with Crippen molar-refractivity contribution in [1.82, 2.24) is 9.80 Å². The van der Waals surface area contributed by atoms with Crippen molar-refractivity contribution in [3.8, 4) is 0 Å². The number of rotatable bonds is 3. The molecule has 2 N–H and O–H groups in total. The van der Waals surface area contributed by atoms with Gasteiger partial charge in [0.1, 0.15) is 0 Å². The van der Waals surface area contributed by atoms with Gasteiger partial charge in [-0.05, 0) is 51.4 Å².